The smallest absolute Gasteiger partial charge is 0.329 e. The molecule has 1 heterocycles. The summed E-state index contributed by atoms with van der Waals surface area (Å²) in [5.74, 6) is -0.633. The van der Waals surface area contributed by atoms with Crippen molar-refractivity contribution in [1.29, 1.82) is 0 Å². The van der Waals surface area contributed by atoms with Crippen LogP contribution in [0.4, 0.5) is 14.9 Å². The number of ether oxygens (including phenoxy) is 2. The van der Waals surface area contributed by atoms with Gasteiger partial charge in [-0.25, -0.2) is 9.18 Å². The van der Waals surface area contributed by atoms with Crippen LogP contribution in [0, 0.1) is 5.82 Å². The number of halogens is 2. The fraction of sp³-hybridized carbons (Fsp3) is 0.148. The van der Waals surface area contributed by atoms with Crippen LogP contribution in [-0.4, -0.2) is 36.0 Å². The standard InChI is InChI=1S/C27H23BrFN3O5/c1-2-36-23-13-18(12-22-26(34)32(27(35)31-22)15-17-6-4-3-5-7-17)21(28)14-24(23)37-16-25(33)30-20-10-8-19(29)9-11-20/h3-14H,2,15-16H2,1H3,(H,30,33)(H,31,35)/b22-12+. The summed E-state index contributed by atoms with van der Waals surface area (Å²) in [5.41, 5.74) is 1.96. The normalized spacial score (nSPS) is 14.0. The van der Waals surface area contributed by atoms with E-state index in [-0.39, 0.29) is 18.8 Å². The first-order chi connectivity index (χ1) is 17.8. The summed E-state index contributed by atoms with van der Waals surface area (Å²) < 4.78 is 25.0. The number of hydrogen-bond donors (Lipinski definition) is 2. The Morgan fingerprint density at radius 2 is 1.76 bits per heavy atom. The Balaban J connectivity index is 1.48. The van der Waals surface area contributed by atoms with Gasteiger partial charge in [0.2, 0.25) is 0 Å². The van der Waals surface area contributed by atoms with Gasteiger partial charge in [0.1, 0.15) is 11.5 Å². The van der Waals surface area contributed by atoms with Gasteiger partial charge >= 0.3 is 6.03 Å². The highest BCUT2D eigenvalue weighted by molar-refractivity contribution is 9.10. The van der Waals surface area contributed by atoms with Gasteiger partial charge in [-0.05, 0) is 60.5 Å². The summed E-state index contributed by atoms with van der Waals surface area (Å²) in [6.07, 6.45) is 1.54. The molecule has 37 heavy (non-hydrogen) atoms. The van der Waals surface area contributed by atoms with Crippen LogP contribution in [0.5, 0.6) is 11.5 Å². The summed E-state index contributed by atoms with van der Waals surface area (Å²) in [5, 5.41) is 5.23. The average Bonchev–Trinajstić information content (AvgIpc) is 3.14. The number of carbonyl (C=O) groups excluding carboxylic acids is 3. The van der Waals surface area contributed by atoms with E-state index in [0.29, 0.717) is 33.8 Å². The number of carbonyl (C=O) groups is 3. The van der Waals surface area contributed by atoms with E-state index < -0.39 is 23.7 Å². The minimum Gasteiger partial charge on any atom is -0.490 e. The van der Waals surface area contributed by atoms with Crippen molar-refractivity contribution in [2.45, 2.75) is 13.5 Å². The zero-order valence-corrected chi connectivity index (χ0v) is 21.4. The van der Waals surface area contributed by atoms with Gasteiger partial charge < -0.3 is 20.1 Å². The highest BCUT2D eigenvalue weighted by Gasteiger charge is 2.33. The molecule has 190 valence electrons. The van der Waals surface area contributed by atoms with Crippen LogP contribution in [0.1, 0.15) is 18.1 Å². The fourth-order valence-corrected chi connectivity index (χ4v) is 3.99. The van der Waals surface area contributed by atoms with E-state index in [9.17, 15) is 18.8 Å². The second-order valence-corrected chi connectivity index (χ2v) is 8.82. The Kier molecular flexibility index (Phi) is 8.19. The molecular weight excluding hydrogens is 545 g/mol. The highest BCUT2D eigenvalue weighted by Crippen LogP contribution is 2.35. The number of nitrogens with one attached hydrogen (secondary N) is 2. The molecule has 1 saturated heterocycles. The molecule has 0 saturated carbocycles. The molecule has 1 aliphatic rings. The third kappa shape index (κ3) is 6.53. The van der Waals surface area contributed by atoms with Gasteiger partial charge in [0, 0.05) is 10.2 Å². The van der Waals surface area contributed by atoms with Crippen LogP contribution >= 0.6 is 15.9 Å². The van der Waals surface area contributed by atoms with Crippen LogP contribution in [0.15, 0.2) is 76.9 Å². The number of rotatable bonds is 9. The summed E-state index contributed by atoms with van der Waals surface area (Å²) in [6, 6.07) is 17.4. The molecule has 8 nitrogen and oxygen atoms in total. The van der Waals surface area contributed by atoms with Gasteiger partial charge in [-0.1, -0.05) is 46.3 Å². The van der Waals surface area contributed by atoms with Crippen molar-refractivity contribution in [2.75, 3.05) is 18.5 Å². The van der Waals surface area contributed by atoms with E-state index in [1.54, 1.807) is 25.1 Å². The summed E-state index contributed by atoms with van der Waals surface area (Å²) in [6.45, 7) is 1.97. The van der Waals surface area contributed by atoms with Gasteiger partial charge in [-0.2, -0.15) is 0 Å². The molecule has 0 unspecified atom stereocenters. The molecule has 0 radical (unpaired) electrons. The maximum Gasteiger partial charge on any atom is 0.329 e. The maximum absolute atomic E-state index is 13.1. The first-order valence-electron chi connectivity index (χ1n) is 11.4. The number of hydrogen-bond acceptors (Lipinski definition) is 5. The molecular formula is C27H23BrFN3O5. The molecule has 3 aromatic rings. The Bertz CT molecular complexity index is 1350. The van der Waals surface area contributed by atoms with Gasteiger partial charge in [0.15, 0.2) is 18.1 Å². The van der Waals surface area contributed by atoms with Crippen LogP contribution in [-0.2, 0) is 16.1 Å². The van der Waals surface area contributed by atoms with E-state index in [4.69, 9.17) is 9.47 Å². The average molecular weight is 568 g/mol. The SMILES string of the molecule is CCOc1cc(/C=C2/NC(=O)N(Cc3ccccc3)C2=O)c(Br)cc1OCC(=O)Nc1ccc(F)cc1. The minimum atomic E-state index is -0.506. The molecule has 1 fully saturated rings. The molecule has 2 N–H and O–H groups in total. The third-order valence-electron chi connectivity index (χ3n) is 5.30. The number of urea groups is 1. The number of nitrogens with zero attached hydrogens (tertiary/aromatic N) is 1. The lowest BCUT2D eigenvalue weighted by Crippen LogP contribution is -2.30. The highest BCUT2D eigenvalue weighted by atomic mass is 79.9. The van der Waals surface area contributed by atoms with E-state index in [0.717, 1.165) is 10.5 Å². The number of anilines is 1. The Morgan fingerprint density at radius 1 is 1.05 bits per heavy atom. The first-order valence-corrected chi connectivity index (χ1v) is 12.2. The lowest BCUT2D eigenvalue weighted by Gasteiger charge is -2.14. The van der Waals surface area contributed by atoms with Crippen molar-refractivity contribution in [3.8, 4) is 11.5 Å². The van der Waals surface area contributed by atoms with Gasteiger partial charge in [-0.15, -0.1) is 0 Å². The monoisotopic (exact) mass is 567 g/mol. The number of imide groups is 1. The predicted octanol–water partition coefficient (Wildman–Crippen LogP) is 5.10. The molecule has 0 aromatic heterocycles. The van der Waals surface area contributed by atoms with Crippen LogP contribution in [0.25, 0.3) is 6.08 Å². The first kappa shape index (κ1) is 25.9. The van der Waals surface area contributed by atoms with E-state index in [2.05, 4.69) is 26.6 Å². The molecule has 0 aliphatic carbocycles. The lowest BCUT2D eigenvalue weighted by atomic mass is 10.1. The van der Waals surface area contributed by atoms with Gasteiger partial charge in [0.25, 0.3) is 11.8 Å². The summed E-state index contributed by atoms with van der Waals surface area (Å²) in [4.78, 5) is 38.7. The molecule has 0 bridgehead atoms. The Hall–Kier alpha value is -4.18. The topological polar surface area (TPSA) is 97.0 Å². The zero-order chi connectivity index (χ0) is 26.4. The Labute approximate surface area is 221 Å². The zero-order valence-electron chi connectivity index (χ0n) is 19.8. The molecule has 4 amide bonds. The van der Waals surface area contributed by atoms with Crippen molar-refractivity contribution < 1.29 is 28.2 Å². The fourth-order valence-electron chi connectivity index (χ4n) is 3.55. The molecule has 10 heteroatoms. The maximum atomic E-state index is 13.1. The number of benzene rings is 3. The van der Waals surface area contributed by atoms with E-state index >= 15 is 0 Å². The lowest BCUT2D eigenvalue weighted by molar-refractivity contribution is -0.123. The van der Waals surface area contributed by atoms with Crippen molar-refractivity contribution in [2.24, 2.45) is 0 Å². The molecule has 0 atom stereocenters. The van der Waals surface area contributed by atoms with Gasteiger partial charge in [-0.3, -0.25) is 14.5 Å². The quantitative estimate of drug-likeness (QED) is 0.277. The van der Waals surface area contributed by atoms with Gasteiger partial charge in [0.05, 0.1) is 13.2 Å². The predicted molar refractivity (Wildman–Crippen MR) is 139 cm³/mol. The van der Waals surface area contributed by atoms with Crippen molar-refractivity contribution in [1.82, 2.24) is 10.2 Å². The Morgan fingerprint density at radius 3 is 2.46 bits per heavy atom. The van der Waals surface area contributed by atoms with Crippen LogP contribution in [0.2, 0.25) is 0 Å². The van der Waals surface area contributed by atoms with Crippen LogP contribution in [0.3, 0.4) is 0 Å². The summed E-state index contributed by atoms with van der Waals surface area (Å²) in [7, 11) is 0. The number of amides is 4. The molecule has 1 aliphatic heterocycles. The van der Waals surface area contributed by atoms with Crippen molar-refractivity contribution in [3.63, 3.8) is 0 Å². The molecule has 3 aromatic carbocycles. The molecule has 0 spiro atoms. The van der Waals surface area contributed by atoms with Crippen molar-refractivity contribution >= 4 is 45.5 Å². The second-order valence-electron chi connectivity index (χ2n) is 7.96. The van der Waals surface area contributed by atoms with Crippen LogP contribution < -0.4 is 20.1 Å². The minimum absolute atomic E-state index is 0.122. The van der Waals surface area contributed by atoms with E-state index in [1.165, 1.54) is 24.3 Å². The van der Waals surface area contributed by atoms with E-state index in [1.807, 2.05) is 30.3 Å². The largest absolute Gasteiger partial charge is 0.490 e. The molecule has 4 rings (SSSR count). The summed E-state index contributed by atoms with van der Waals surface area (Å²) >= 11 is 3.46. The second kappa shape index (κ2) is 11.7. The van der Waals surface area contributed by atoms with Crippen molar-refractivity contribution in [3.05, 3.63) is 93.8 Å². The third-order valence-corrected chi connectivity index (χ3v) is 5.98.